The highest BCUT2D eigenvalue weighted by atomic mass is 16.3. The minimum absolute atomic E-state index is 0.190. The van der Waals surface area contributed by atoms with Gasteiger partial charge in [0.25, 0.3) is 0 Å². The van der Waals surface area contributed by atoms with Crippen LogP contribution < -0.4 is 5.73 Å². The van der Waals surface area contributed by atoms with Gasteiger partial charge in [-0.2, -0.15) is 0 Å². The molecule has 0 aromatic rings. The number of unbranched alkanes of at least 4 members (excludes halogenated alkanes) is 13. The average Bonchev–Trinajstić information content (AvgIpc) is 2.46. The molecule has 1 unspecified atom stereocenters. The molecule has 1 atom stereocenters. The zero-order chi connectivity index (χ0) is 17.6. The molecule has 0 aromatic heterocycles. The maximum absolute atomic E-state index is 9.93. The Labute approximate surface area is 146 Å². The standard InChI is InChI=1S/C21H45NO/c1-5-6-7-8-9-10-11-12-13-14-15-16-17-18-19-20(2,3)21(4,22)23/h23H,5-19,22H2,1-4H3. The first-order valence-electron chi connectivity index (χ1n) is 10.3. The SMILES string of the molecule is CCCCCCCCCCCCCCCCC(C)(C)C(C)(N)O. The van der Waals surface area contributed by atoms with Crippen molar-refractivity contribution in [1.29, 1.82) is 0 Å². The second-order valence-corrected chi connectivity index (χ2v) is 8.38. The third-order valence-electron chi connectivity index (χ3n) is 5.53. The molecule has 0 spiro atoms. The Kier molecular flexibility index (Phi) is 13.2. The molecule has 0 rings (SSSR count). The van der Waals surface area contributed by atoms with Gasteiger partial charge in [-0.05, 0) is 13.3 Å². The van der Waals surface area contributed by atoms with Crippen LogP contribution in [0, 0.1) is 5.41 Å². The first kappa shape index (κ1) is 22.9. The quantitative estimate of drug-likeness (QED) is 0.249. The first-order chi connectivity index (χ1) is 10.8. The molecule has 0 aromatic carbocycles. The lowest BCUT2D eigenvalue weighted by Gasteiger charge is -2.37. The van der Waals surface area contributed by atoms with Gasteiger partial charge in [0.2, 0.25) is 0 Å². The summed E-state index contributed by atoms with van der Waals surface area (Å²) in [6.07, 6.45) is 20.4. The maximum Gasteiger partial charge on any atom is 0.115 e. The lowest BCUT2D eigenvalue weighted by Crippen LogP contribution is -2.49. The van der Waals surface area contributed by atoms with Gasteiger partial charge in [0, 0.05) is 5.41 Å². The van der Waals surface area contributed by atoms with Crippen LogP contribution in [0.15, 0.2) is 0 Å². The van der Waals surface area contributed by atoms with Gasteiger partial charge in [0.05, 0.1) is 0 Å². The highest BCUT2D eigenvalue weighted by Gasteiger charge is 2.34. The van der Waals surface area contributed by atoms with E-state index < -0.39 is 5.72 Å². The fourth-order valence-corrected chi connectivity index (χ4v) is 3.01. The summed E-state index contributed by atoms with van der Waals surface area (Å²) in [7, 11) is 0. The van der Waals surface area contributed by atoms with E-state index in [4.69, 9.17) is 5.73 Å². The van der Waals surface area contributed by atoms with Gasteiger partial charge in [0.1, 0.15) is 5.72 Å². The van der Waals surface area contributed by atoms with E-state index in [9.17, 15) is 5.11 Å². The Hall–Kier alpha value is -0.0800. The zero-order valence-corrected chi connectivity index (χ0v) is 16.6. The van der Waals surface area contributed by atoms with Crippen LogP contribution in [0.5, 0.6) is 0 Å². The highest BCUT2D eigenvalue weighted by molar-refractivity contribution is 4.84. The summed E-state index contributed by atoms with van der Waals surface area (Å²) in [5, 5.41) is 9.93. The molecule has 140 valence electrons. The normalized spacial score (nSPS) is 14.9. The van der Waals surface area contributed by atoms with Crippen LogP contribution in [0.3, 0.4) is 0 Å². The van der Waals surface area contributed by atoms with Gasteiger partial charge in [-0.3, -0.25) is 0 Å². The van der Waals surface area contributed by atoms with Crippen molar-refractivity contribution in [2.24, 2.45) is 11.1 Å². The maximum atomic E-state index is 9.93. The molecule has 23 heavy (non-hydrogen) atoms. The number of hydrogen-bond acceptors (Lipinski definition) is 2. The summed E-state index contributed by atoms with van der Waals surface area (Å²) in [6, 6.07) is 0. The first-order valence-corrected chi connectivity index (χ1v) is 10.3. The Morgan fingerprint density at radius 1 is 0.609 bits per heavy atom. The van der Waals surface area contributed by atoms with E-state index in [2.05, 4.69) is 20.8 Å². The van der Waals surface area contributed by atoms with Gasteiger partial charge in [-0.25, -0.2) is 0 Å². The van der Waals surface area contributed by atoms with E-state index in [0.29, 0.717) is 0 Å². The molecule has 0 aliphatic carbocycles. The second kappa shape index (κ2) is 13.2. The van der Waals surface area contributed by atoms with Crippen LogP contribution >= 0.6 is 0 Å². The summed E-state index contributed by atoms with van der Waals surface area (Å²) >= 11 is 0. The van der Waals surface area contributed by atoms with Crippen molar-refractivity contribution in [3.8, 4) is 0 Å². The van der Waals surface area contributed by atoms with Gasteiger partial charge in [-0.1, -0.05) is 111 Å². The van der Waals surface area contributed by atoms with Crippen molar-refractivity contribution < 1.29 is 5.11 Å². The van der Waals surface area contributed by atoms with Gasteiger partial charge >= 0.3 is 0 Å². The second-order valence-electron chi connectivity index (χ2n) is 8.38. The van der Waals surface area contributed by atoms with Crippen LogP contribution in [0.2, 0.25) is 0 Å². The number of nitrogens with two attached hydrogens (primary N) is 1. The van der Waals surface area contributed by atoms with Crippen molar-refractivity contribution in [2.45, 2.75) is 130 Å². The molecule has 0 radical (unpaired) electrons. The van der Waals surface area contributed by atoms with Crippen molar-refractivity contribution in [3.05, 3.63) is 0 Å². The van der Waals surface area contributed by atoms with Crippen molar-refractivity contribution >= 4 is 0 Å². The van der Waals surface area contributed by atoms with Crippen LogP contribution in [-0.2, 0) is 0 Å². The molecule has 0 saturated heterocycles. The monoisotopic (exact) mass is 327 g/mol. The summed E-state index contributed by atoms with van der Waals surface area (Å²) in [5.74, 6) is 0. The third-order valence-corrected chi connectivity index (χ3v) is 5.53. The Morgan fingerprint density at radius 3 is 1.22 bits per heavy atom. The molecule has 2 nitrogen and oxygen atoms in total. The predicted molar refractivity (Wildman–Crippen MR) is 104 cm³/mol. The van der Waals surface area contributed by atoms with Gasteiger partial charge in [-0.15, -0.1) is 0 Å². The summed E-state index contributed by atoms with van der Waals surface area (Å²) < 4.78 is 0. The van der Waals surface area contributed by atoms with Gasteiger partial charge in [0.15, 0.2) is 0 Å². The fourth-order valence-electron chi connectivity index (χ4n) is 3.01. The number of aliphatic hydroxyl groups is 1. The Balaban J connectivity index is 3.25. The predicted octanol–water partition coefficient (Wildman–Crippen LogP) is 6.55. The van der Waals surface area contributed by atoms with E-state index in [-0.39, 0.29) is 5.41 Å². The van der Waals surface area contributed by atoms with Crippen molar-refractivity contribution in [3.63, 3.8) is 0 Å². The topological polar surface area (TPSA) is 46.2 Å². The van der Waals surface area contributed by atoms with Crippen LogP contribution in [-0.4, -0.2) is 10.8 Å². The minimum atomic E-state index is -1.07. The molecule has 0 amide bonds. The van der Waals surface area contributed by atoms with E-state index in [1.165, 1.54) is 89.9 Å². The Bertz CT molecular complexity index is 255. The van der Waals surface area contributed by atoms with Crippen LogP contribution in [0.1, 0.15) is 124 Å². The van der Waals surface area contributed by atoms with Crippen LogP contribution in [0.4, 0.5) is 0 Å². The number of rotatable bonds is 16. The molecule has 0 aliphatic rings. The molecular formula is C21H45NO. The summed E-state index contributed by atoms with van der Waals surface area (Å²) in [5.41, 5.74) is 4.57. The van der Waals surface area contributed by atoms with E-state index in [1.54, 1.807) is 6.92 Å². The largest absolute Gasteiger partial charge is 0.376 e. The molecule has 0 saturated carbocycles. The lowest BCUT2D eigenvalue weighted by atomic mass is 9.78. The number of hydrogen-bond donors (Lipinski definition) is 2. The summed E-state index contributed by atoms with van der Waals surface area (Å²) in [6.45, 7) is 8.13. The van der Waals surface area contributed by atoms with Crippen molar-refractivity contribution in [2.75, 3.05) is 0 Å². The lowest BCUT2D eigenvalue weighted by molar-refractivity contribution is -0.0514. The molecule has 0 aliphatic heterocycles. The third kappa shape index (κ3) is 12.9. The molecule has 0 heterocycles. The van der Waals surface area contributed by atoms with Gasteiger partial charge < -0.3 is 10.8 Å². The average molecular weight is 328 g/mol. The fraction of sp³-hybridized carbons (Fsp3) is 1.00. The zero-order valence-electron chi connectivity index (χ0n) is 16.6. The molecule has 0 bridgehead atoms. The molecular weight excluding hydrogens is 282 g/mol. The Morgan fingerprint density at radius 2 is 0.913 bits per heavy atom. The summed E-state index contributed by atoms with van der Waals surface area (Å²) in [4.78, 5) is 0. The van der Waals surface area contributed by atoms with E-state index in [1.807, 2.05) is 0 Å². The molecule has 2 heteroatoms. The minimum Gasteiger partial charge on any atom is -0.376 e. The molecule has 3 N–H and O–H groups in total. The van der Waals surface area contributed by atoms with Crippen LogP contribution in [0.25, 0.3) is 0 Å². The molecule has 0 fully saturated rings. The van der Waals surface area contributed by atoms with E-state index >= 15 is 0 Å². The van der Waals surface area contributed by atoms with E-state index in [0.717, 1.165) is 6.42 Å². The highest BCUT2D eigenvalue weighted by Crippen LogP contribution is 2.32. The van der Waals surface area contributed by atoms with Crippen molar-refractivity contribution in [1.82, 2.24) is 0 Å². The smallest absolute Gasteiger partial charge is 0.115 e.